The summed E-state index contributed by atoms with van der Waals surface area (Å²) in [7, 11) is 0. The van der Waals surface area contributed by atoms with Crippen LogP contribution in [0.1, 0.15) is 18.4 Å². The van der Waals surface area contributed by atoms with Crippen LogP contribution in [-0.4, -0.2) is 61.5 Å². The number of amides is 1. The second-order valence-corrected chi connectivity index (χ2v) is 7.50. The van der Waals surface area contributed by atoms with Crippen molar-refractivity contribution in [2.24, 2.45) is 5.92 Å². The van der Waals surface area contributed by atoms with Crippen LogP contribution in [0.3, 0.4) is 0 Å². The summed E-state index contributed by atoms with van der Waals surface area (Å²) >= 11 is 12.0. The van der Waals surface area contributed by atoms with Crippen LogP contribution in [0.25, 0.3) is 0 Å². The van der Waals surface area contributed by atoms with Gasteiger partial charge in [0.05, 0.1) is 10.0 Å². The number of hydrogen-bond acceptors (Lipinski definition) is 3. The van der Waals surface area contributed by atoms with Gasteiger partial charge in [0, 0.05) is 38.6 Å². The molecule has 0 radical (unpaired) electrons. The Morgan fingerprint density at radius 1 is 1.08 bits per heavy atom. The zero-order chi connectivity index (χ0) is 16.9. The summed E-state index contributed by atoms with van der Waals surface area (Å²) in [5.41, 5.74) is 1.21. The highest BCUT2D eigenvalue weighted by Crippen LogP contribution is 2.23. The largest absolute Gasteiger partial charge is 0.340 e. The number of hydrogen-bond donors (Lipinski definition) is 1. The summed E-state index contributed by atoms with van der Waals surface area (Å²) in [6.45, 7) is 6.55. The van der Waals surface area contributed by atoms with E-state index in [4.69, 9.17) is 23.2 Å². The molecule has 1 amide bonds. The summed E-state index contributed by atoms with van der Waals surface area (Å²) in [5.74, 6) is 0.592. The zero-order valence-corrected chi connectivity index (χ0v) is 16.7. The summed E-state index contributed by atoms with van der Waals surface area (Å²) in [6, 6.07) is 5.83. The summed E-state index contributed by atoms with van der Waals surface area (Å²) in [4.78, 5) is 17.0. The van der Waals surface area contributed by atoms with E-state index in [1.54, 1.807) is 0 Å². The maximum atomic E-state index is 12.6. The number of piperidine rings is 1. The number of benzene rings is 1. The number of rotatable bonds is 4. The molecule has 1 N–H and O–H groups in total. The molecule has 0 saturated carbocycles. The highest BCUT2D eigenvalue weighted by atomic mass is 35.5. The fourth-order valence-corrected chi connectivity index (χ4v) is 3.82. The number of nitrogens with one attached hydrogen (secondary N) is 1. The molecule has 4 nitrogen and oxygen atoms in total. The Morgan fingerprint density at radius 2 is 1.76 bits per heavy atom. The highest BCUT2D eigenvalue weighted by molar-refractivity contribution is 6.42. The van der Waals surface area contributed by atoms with Gasteiger partial charge in [0.25, 0.3) is 0 Å². The molecule has 2 aliphatic heterocycles. The van der Waals surface area contributed by atoms with Crippen LogP contribution in [0.4, 0.5) is 0 Å². The molecule has 0 unspecified atom stereocenters. The lowest BCUT2D eigenvalue weighted by atomic mass is 9.96. The van der Waals surface area contributed by atoms with Gasteiger partial charge in [-0.05, 0) is 50.0 Å². The van der Waals surface area contributed by atoms with Gasteiger partial charge in [-0.1, -0.05) is 29.3 Å². The van der Waals surface area contributed by atoms with Crippen molar-refractivity contribution in [3.05, 3.63) is 33.8 Å². The lowest BCUT2D eigenvalue weighted by Crippen LogP contribution is -2.51. The smallest absolute Gasteiger partial charge is 0.225 e. The van der Waals surface area contributed by atoms with E-state index >= 15 is 0 Å². The van der Waals surface area contributed by atoms with Crippen molar-refractivity contribution >= 4 is 41.5 Å². The van der Waals surface area contributed by atoms with E-state index in [2.05, 4.69) is 15.1 Å². The first kappa shape index (κ1) is 20.8. The van der Waals surface area contributed by atoms with E-state index in [0.29, 0.717) is 16.0 Å². The van der Waals surface area contributed by atoms with Gasteiger partial charge in [-0.2, -0.15) is 0 Å². The average molecular weight is 407 g/mol. The number of piperazine rings is 1. The van der Waals surface area contributed by atoms with Crippen LogP contribution in [0, 0.1) is 5.92 Å². The second-order valence-electron chi connectivity index (χ2n) is 6.69. The number of nitrogens with zero attached hydrogens (tertiary/aromatic N) is 2. The molecule has 1 aromatic rings. The number of carbonyl (C=O) groups is 1. The molecule has 2 saturated heterocycles. The molecule has 0 aliphatic carbocycles. The van der Waals surface area contributed by atoms with E-state index in [9.17, 15) is 4.79 Å². The molecule has 2 aliphatic rings. The lowest BCUT2D eigenvalue weighted by molar-refractivity contribution is -0.138. The molecule has 2 fully saturated rings. The first-order valence-corrected chi connectivity index (χ1v) is 9.55. The minimum absolute atomic E-state index is 0. The van der Waals surface area contributed by atoms with Crippen LogP contribution < -0.4 is 5.32 Å². The molecule has 0 atom stereocenters. The molecule has 2 heterocycles. The fraction of sp³-hybridized carbons (Fsp3) is 0.611. The maximum Gasteiger partial charge on any atom is 0.225 e. The molecule has 3 rings (SSSR count). The van der Waals surface area contributed by atoms with Crippen molar-refractivity contribution in [3.8, 4) is 0 Å². The van der Waals surface area contributed by atoms with Gasteiger partial charge in [0.2, 0.25) is 5.91 Å². The Hall–Kier alpha value is -0.520. The number of halogens is 3. The minimum Gasteiger partial charge on any atom is -0.340 e. The van der Waals surface area contributed by atoms with Gasteiger partial charge < -0.3 is 10.2 Å². The van der Waals surface area contributed by atoms with E-state index in [-0.39, 0.29) is 18.3 Å². The molecule has 1 aromatic carbocycles. The minimum atomic E-state index is 0. The van der Waals surface area contributed by atoms with Crippen LogP contribution in [-0.2, 0) is 11.2 Å². The van der Waals surface area contributed by atoms with Crippen LogP contribution in [0.2, 0.25) is 10.0 Å². The summed E-state index contributed by atoms with van der Waals surface area (Å²) in [5, 5.41) is 4.54. The lowest BCUT2D eigenvalue weighted by Gasteiger charge is -2.37. The molecule has 0 aromatic heterocycles. The van der Waals surface area contributed by atoms with Gasteiger partial charge in [-0.3, -0.25) is 9.69 Å². The van der Waals surface area contributed by atoms with Crippen LogP contribution in [0.15, 0.2) is 18.2 Å². The van der Waals surface area contributed by atoms with E-state index < -0.39 is 0 Å². The Bertz CT molecular complexity index is 571. The zero-order valence-electron chi connectivity index (χ0n) is 14.3. The van der Waals surface area contributed by atoms with Crippen molar-refractivity contribution in [3.63, 3.8) is 0 Å². The third-order valence-electron chi connectivity index (χ3n) is 5.07. The maximum absolute atomic E-state index is 12.6. The third-order valence-corrected chi connectivity index (χ3v) is 5.81. The molecule has 7 heteroatoms. The van der Waals surface area contributed by atoms with Gasteiger partial charge in [-0.15, -0.1) is 12.4 Å². The van der Waals surface area contributed by atoms with E-state index in [1.807, 2.05) is 18.2 Å². The van der Waals surface area contributed by atoms with Crippen molar-refractivity contribution in [1.29, 1.82) is 0 Å². The average Bonchev–Trinajstić information content (AvgIpc) is 2.63. The van der Waals surface area contributed by atoms with Crippen molar-refractivity contribution in [2.45, 2.75) is 19.3 Å². The van der Waals surface area contributed by atoms with Crippen LogP contribution in [0.5, 0.6) is 0 Å². The SMILES string of the molecule is Cl.O=C(C1CCNCC1)N1CCN(CCc2ccc(Cl)c(Cl)c2)CC1. The normalized spacial score (nSPS) is 19.5. The fourth-order valence-electron chi connectivity index (χ4n) is 3.50. The van der Waals surface area contributed by atoms with Gasteiger partial charge in [-0.25, -0.2) is 0 Å². The van der Waals surface area contributed by atoms with Crippen molar-refractivity contribution in [2.75, 3.05) is 45.8 Å². The van der Waals surface area contributed by atoms with Gasteiger partial charge in [0.15, 0.2) is 0 Å². The molecular weight excluding hydrogens is 381 g/mol. The molecule has 25 heavy (non-hydrogen) atoms. The topological polar surface area (TPSA) is 35.6 Å². The first-order valence-electron chi connectivity index (χ1n) is 8.79. The van der Waals surface area contributed by atoms with Gasteiger partial charge >= 0.3 is 0 Å². The predicted octanol–water partition coefficient (Wildman–Crippen LogP) is 3.10. The first-order chi connectivity index (χ1) is 11.6. The Labute approximate surface area is 166 Å². The monoisotopic (exact) mass is 405 g/mol. The number of carbonyl (C=O) groups excluding carboxylic acids is 1. The Morgan fingerprint density at radius 3 is 2.40 bits per heavy atom. The molecular formula is C18H26Cl3N3O. The summed E-state index contributed by atoms with van der Waals surface area (Å²) in [6.07, 6.45) is 2.92. The molecule has 0 spiro atoms. The van der Waals surface area contributed by atoms with Crippen molar-refractivity contribution < 1.29 is 4.79 Å². The molecule has 0 bridgehead atoms. The highest BCUT2D eigenvalue weighted by Gasteiger charge is 2.28. The Kier molecular flexibility index (Phi) is 8.30. The van der Waals surface area contributed by atoms with Crippen LogP contribution >= 0.6 is 35.6 Å². The quantitative estimate of drug-likeness (QED) is 0.834. The predicted molar refractivity (Wildman–Crippen MR) is 106 cm³/mol. The van der Waals surface area contributed by atoms with Gasteiger partial charge in [0.1, 0.15) is 0 Å². The molecule has 140 valence electrons. The second kappa shape index (κ2) is 9.98. The summed E-state index contributed by atoms with van der Waals surface area (Å²) < 4.78 is 0. The van der Waals surface area contributed by atoms with E-state index in [0.717, 1.165) is 65.1 Å². The van der Waals surface area contributed by atoms with Crippen molar-refractivity contribution in [1.82, 2.24) is 15.1 Å². The van der Waals surface area contributed by atoms with E-state index in [1.165, 1.54) is 5.56 Å². The standard InChI is InChI=1S/C18H25Cl2N3O.ClH/c19-16-2-1-14(13-17(16)20)5-8-22-9-11-23(12-10-22)18(24)15-3-6-21-7-4-15;/h1-2,13,15,21H,3-12H2;1H. The Balaban J connectivity index is 0.00000225. The third kappa shape index (κ3) is 5.73.